The molecule has 0 aromatic carbocycles. The number of amides is 1. The van der Waals surface area contributed by atoms with E-state index in [0.717, 1.165) is 12.0 Å². The van der Waals surface area contributed by atoms with Gasteiger partial charge in [-0.3, -0.25) is 9.78 Å². The van der Waals surface area contributed by atoms with Crippen molar-refractivity contribution in [2.45, 2.75) is 25.4 Å². The summed E-state index contributed by atoms with van der Waals surface area (Å²) in [6.07, 6.45) is 10.3. The summed E-state index contributed by atoms with van der Waals surface area (Å²) >= 11 is 0. The van der Waals surface area contributed by atoms with E-state index in [-0.39, 0.29) is 18.5 Å². The molecule has 1 fully saturated rings. The molecule has 1 atom stereocenters. The predicted molar refractivity (Wildman–Crippen MR) is 95.6 cm³/mol. The number of hydrogen-bond donors (Lipinski definition) is 0. The van der Waals surface area contributed by atoms with Crippen molar-refractivity contribution in [3.8, 4) is 0 Å². The van der Waals surface area contributed by atoms with Gasteiger partial charge in [-0.05, 0) is 24.5 Å². The van der Waals surface area contributed by atoms with Crippen molar-refractivity contribution in [3.63, 3.8) is 0 Å². The van der Waals surface area contributed by atoms with E-state index in [9.17, 15) is 13.2 Å². The fourth-order valence-corrected chi connectivity index (χ4v) is 4.25. The quantitative estimate of drug-likeness (QED) is 0.772. The van der Waals surface area contributed by atoms with E-state index in [2.05, 4.69) is 15.0 Å². The van der Waals surface area contributed by atoms with Gasteiger partial charge in [-0.1, -0.05) is 6.07 Å². The van der Waals surface area contributed by atoms with Crippen LogP contribution >= 0.6 is 0 Å². The zero-order valence-corrected chi connectivity index (χ0v) is 15.3. The predicted octanol–water partition coefficient (Wildman–Crippen LogP) is 0.938. The number of aromatic nitrogens is 3. The van der Waals surface area contributed by atoms with Crippen LogP contribution in [0.5, 0.6) is 0 Å². The Balaban J connectivity index is 1.78. The molecule has 1 amide bonds. The van der Waals surface area contributed by atoms with Crippen LogP contribution in [0.25, 0.3) is 0 Å². The molecule has 138 valence electrons. The Morgan fingerprint density at radius 1 is 1.27 bits per heavy atom. The van der Waals surface area contributed by atoms with Crippen molar-refractivity contribution in [2.75, 3.05) is 19.3 Å². The van der Waals surface area contributed by atoms with Crippen LogP contribution in [0.2, 0.25) is 0 Å². The zero-order valence-electron chi connectivity index (χ0n) is 14.5. The standard InChI is InChI=1S/C17H21N5O3S/c1-26(24,25)22(11-14-4-2-6-18-8-14)16-5-3-7-21(12-16)17(23)15-9-19-13-20-10-15/h2,4,6,8-10,13,16H,3,5,7,11-12H2,1H3. The molecule has 0 saturated carbocycles. The molecule has 3 rings (SSSR count). The fourth-order valence-electron chi connectivity index (χ4n) is 3.16. The third kappa shape index (κ3) is 4.41. The normalized spacial score (nSPS) is 18.1. The number of carbonyl (C=O) groups excluding carboxylic acids is 1. The monoisotopic (exact) mass is 375 g/mol. The Kier molecular flexibility index (Phi) is 5.58. The maximum atomic E-state index is 12.6. The molecule has 0 radical (unpaired) electrons. The van der Waals surface area contributed by atoms with Gasteiger partial charge in [0.2, 0.25) is 10.0 Å². The summed E-state index contributed by atoms with van der Waals surface area (Å²) in [5.74, 6) is -0.176. The molecule has 2 aromatic heterocycles. The van der Waals surface area contributed by atoms with E-state index < -0.39 is 10.0 Å². The van der Waals surface area contributed by atoms with Gasteiger partial charge in [-0.15, -0.1) is 0 Å². The second kappa shape index (κ2) is 7.88. The molecule has 8 nitrogen and oxygen atoms in total. The number of hydrogen-bond acceptors (Lipinski definition) is 6. The van der Waals surface area contributed by atoms with Crippen molar-refractivity contribution >= 4 is 15.9 Å². The van der Waals surface area contributed by atoms with Gasteiger partial charge < -0.3 is 4.90 Å². The van der Waals surface area contributed by atoms with Gasteiger partial charge >= 0.3 is 0 Å². The summed E-state index contributed by atoms with van der Waals surface area (Å²) in [5.41, 5.74) is 1.23. The molecule has 1 unspecified atom stereocenters. The number of nitrogens with zero attached hydrogens (tertiary/aromatic N) is 5. The third-order valence-corrected chi connectivity index (χ3v) is 5.66. The van der Waals surface area contributed by atoms with Crippen LogP contribution in [0.3, 0.4) is 0 Å². The van der Waals surface area contributed by atoms with E-state index in [0.29, 0.717) is 25.1 Å². The molecule has 3 heterocycles. The average molecular weight is 375 g/mol. The fraction of sp³-hybridized carbons (Fsp3) is 0.412. The van der Waals surface area contributed by atoms with Crippen molar-refractivity contribution in [1.82, 2.24) is 24.2 Å². The lowest BCUT2D eigenvalue weighted by Gasteiger charge is -2.38. The van der Waals surface area contributed by atoms with Gasteiger partial charge in [-0.2, -0.15) is 4.31 Å². The van der Waals surface area contributed by atoms with Crippen LogP contribution in [0.15, 0.2) is 43.2 Å². The lowest BCUT2D eigenvalue weighted by atomic mass is 10.0. The second-order valence-corrected chi connectivity index (χ2v) is 8.28. The van der Waals surface area contributed by atoms with Gasteiger partial charge in [-0.25, -0.2) is 18.4 Å². The summed E-state index contributed by atoms with van der Waals surface area (Å²) in [7, 11) is -3.43. The summed E-state index contributed by atoms with van der Waals surface area (Å²) in [5, 5.41) is 0. The summed E-state index contributed by atoms with van der Waals surface area (Å²) in [4.78, 5) is 26.1. The van der Waals surface area contributed by atoms with Gasteiger partial charge in [0.25, 0.3) is 5.91 Å². The van der Waals surface area contributed by atoms with Crippen molar-refractivity contribution in [3.05, 3.63) is 54.4 Å². The highest BCUT2D eigenvalue weighted by molar-refractivity contribution is 7.88. The minimum Gasteiger partial charge on any atom is -0.337 e. The molecule has 0 spiro atoms. The molecule has 0 bridgehead atoms. The smallest absolute Gasteiger partial charge is 0.257 e. The first-order valence-corrected chi connectivity index (χ1v) is 10.2. The largest absolute Gasteiger partial charge is 0.337 e. The van der Waals surface area contributed by atoms with Crippen LogP contribution < -0.4 is 0 Å². The molecule has 26 heavy (non-hydrogen) atoms. The number of rotatable bonds is 5. The Bertz CT molecular complexity index is 845. The number of pyridine rings is 1. The summed E-state index contributed by atoms with van der Waals surface area (Å²) in [6.45, 7) is 1.18. The van der Waals surface area contributed by atoms with E-state index in [1.54, 1.807) is 23.4 Å². The zero-order chi connectivity index (χ0) is 18.6. The Morgan fingerprint density at radius 2 is 2.04 bits per heavy atom. The van der Waals surface area contributed by atoms with Crippen LogP contribution in [-0.2, 0) is 16.6 Å². The Labute approximate surface area is 153 Å². The van der Waals surface area contributed by atoms with E-state index in [4.69, 9.17) is 0 Å². The first-order chi connectivity index (χ1) is 12.4. The minimum atomic E-state index is -3.43. The lowest BCUT2D eigenvalue weighted by Crippen LogP contribution is -2.51. The topological polar surface area (TPSA) is 96.4 Å². The highest BCUT2D eigenvalue weighted by Gasteiger charge is 2.33. The summed E-state index contributed by atoms with van der Waals surface area (Å²) in [6, 6.07) is 3.35. The number of sulfonamides is 1. The molecule has 1 aliphatic heterocycles. The molecule has 0 aliphatic carbocycles. The van der Waals surface area contributed by atoms with E-state index >= 15 is 0 Å². The van der Waals surface area contributed by atoms with Gasteiger partial charge in [0.1, 0.15) is 6.33 Å². The maximum absolute atomic E-state index is 12.6. The van der Waals surface area contributed by atoms with Crippen LogP contribution in [0.1, 0.15) is 28.8 Å². The molecular formula is C17H21N5O3S. The van der Waals surface area contributed by atoms with Gasteiger partial charge in [0, 0.05) is 50.5 Å². The number of piperidine rings is 1. The molecular weight excluding hydrogens is 354 g/mol. The Hall–Kier alpha value is -2.39. The van der Waals surface area contributed by atoms with E-state index in [1.165, 1.54) is 29.3 Å². The molecule has 1 saturated heterocycles. The Morgan fingerprint density at radius 3 is 2.69 bits per heavy atom. The van der Waals surface area contributed by atoms with Crippen molar-refractivity contribution in [1.29, 1.82) is 0 Å². The molecule has 1 aliphatic rings. The van der Waals surface area contributed by atoms with Crippen LogP contribution in [0.4, 0.5) is 0 Å². The minimum absolute atomic E-state index is 0.176. The van der Waals surface area contributed by atoms with Gasteiger partial charge in [0.15, 0.2) is 0 Å². The molecule has 2 aromatic rings. The SMILES string of the molecule is CS(=O)(=O)N(Cc1cccnc1)C1CCCN(C(=O)c2cncnc2)C1. The second-order valence-electron chi connectivity index (χ2n) is 6.34. The molecule has 9 heteroatoms. The van der Waals surface area contributed by atoms with Crippen LogP contribution in [0, 0.1) is 0 Å². The first-order valence-electron chi connectivity index (χ1n) is 8.35. The molecule has 0 N–H and O–H groups in total. The highest BCUT2D eigenvalue weighted by atomic mass is 32.2. The number of likely N-dealkylation sites (tertiary alicyclic amines) is 1. The maximum Gasteiger partial charge on any atom is 0.257 e. The number of carbonyl (C=O) groups is 1. The van der Waals surface area contributed by atoms with Crippen molar-refractivity contribution < 1.29 is 13.2 Å². The average Bonchev–Trinajstić information content (AvgIpc) is 2.66. The highest BCUT2D eigenvalue weighted by Crippen LogP contribution is 2.22. The lowest BCUT2D eigenvalue weighted by molar-refractivity contribution is 0.0650. The first kappa shape index (κ1) is 18.4. The van der Waals surface area contributed by atoms with E-state index in [1.807, 2.05) is 6.07 Å². The third-order valence-electron chi connectivity index (χ3n) is 4.39. The summed E-state index contributed by atoms with van der Waals surface area (Å²) < 4.78 is 26.2. The van der Waals surface area contributed by atoms with Gasteiger partial charge in [0.05, 0.1) is 11.8 Å². The van der Waals surface area contributed by atoms with Crippen molar-refractivity contribution in [2.24, 2.45) is 0 Å². The van der Waals surface area contributed by atoms with Crippen LogP contribution in [-0.4, -0.2) is 63.9 Å².